The fourth-order valence-corrected chi connectivity index (χ4v) is 3.01. The van der Waals surface area contributed by atoms with Crippen molar-refractivity contribution in [3.63, 3.8) is 0 Å². The lowest BCUT2D eigenvalue weighted by Crippen LogP contribution is -2.35. The lowest BCUT2D eigenvalue weighted by Gasteiger charge is -2.24. The Morgan fingerprint density at radius 3 is 2.61 bits per heavy atom. The average molecular weight is 323 g/mol. The van der Waals surface area contributed by atoms with E-state index in [2.05, 4.69) is 0 Å². The third kappa shape index (κ3) is 4.07. The Morgan fingerprint density at radius 2 is 2.00 bits per heavy atom. The summed E-state index contributed by atoms with van der Waals surface area (Å²) in [6.45, 7) is 6.27. The Kier molecular flexibility index (Phi) is 5.04. The predicted molar refractivity (Wildman–Crippen MR) is 85.5 cm³/mol. The first-order chi connectivity index (χ1) is 10.7. The molecule has 128 valence electrons. The lowest BCUT2D eigenvalue weighted by molar-refractivity contribution is 0.0284. The molecule has 2 atom stereocenters. The van der Waals surface area contributed by atoms with Crippen LogP contribution in [0, 0.1) is 5.92 Å². The Bertz CT molecular complexity index is 567. The number of likely N-dealkylation sites (tertiary alicyclic amines) is 1. The van der Waals surface area contributed by atoms with E-state index in [1.807, 2.05) is 20.8 Å². The first kappa shape index (κ1) is 17.4. The summed E-state index contributed by atoms with van der Waals surface area (Å²) in [4.78, 5) is 13.9. The summed E-state index contributed by atoms with van der Waals surface area (Å²) in [5.74, 6) is -0.491. The molecule has 1 aliphatic rings. The van der Waals surface area contributed by atoms with Crippen LogP contribution >= 0.6 is 0 Å². The fourth-order valence-electron chi connectivity index (χ4n) is 3.01. The molecule has 2 rings (SSSR count). The number of aliphatic hydroxyl groups excluding tert-OH is 1. The van der Waals surface area contributed by atoms with Gasteiger partial charge in [-0.15, -0.1) is 0 Å². The van der Waals surface area contributed by atoms with Gasteiger partial charge < -0.3 is 25.0 Å². The molecule has 23 heavy (non-hydrogen) atoms. The predicted octanol–water partition coefficient (Wildman–Crippen LogP) is 2.43. The summed E-state index contributed by atoms with van der Waals surface area (Å²) in [5.41, 5.74) is 0.0175. The SMILES string of the molecule is CC(C)(C)OC(=O)N1C[C@H](CCO)[C@@H](c2cccc(O)c2O)C1. The molecule has 0 bridgehead atoms. The van der Waals surface area contributed by atoms with Crippen LogP contribution in [0.25, 0.3) is 0 Å². The molecule has 1 amide bonds. The standard InChI is InChI=1S/C17H25NO5/c1-17(2,3)23-16(22)18-9-11(7-8-19)13(10-18)12-5-4-6-14(20)15(12)21/h4-6,11,13,19-21H,7-10H2,1-3H3/t11-,13-/m0/s1. The van der Waals surface area contributed by atoms with E-state index >= 15 is 0 Å². The number of para-hydroxylation sites is 1. The Balaban J connectivity index is 2.21. The van der Waals surface area contributed by atoms with Crippen LogP contribution in [0.5, 0.6) is 11.5 Å². The summed E-state index contributed by atoms with van der Waals surface area (Å²) in [6.07, 6.45) is 0.113. The van der Waals surface area contributed by atoms with Crippen LogP contribution in [0.15, 0.2) is 18.2 Å². The molecule has 1 heterocycles. The molecule has 0 spiro atoms. The monoisotopic (exact) mass is 323 g/mol. The van der Waals surface area contributed by atoms with E-state index in [-0.39, 0.29) is 29.9 Å². The maximum atomic E-state index is 12.3. The minimum Gasteiger partial charge on any atom is -0.504 e. The van der Waals surface area contributed by atoms with Crippen LogP contribution in [0.4, 0.5) is 4.79 Å². The molecule has 1 aromatic carbocycles. The van der Waals surface area contributed by atoms with Gasteiger partial charge in [-0.25, -0.2) is 4.79 Å². The van der Waals surface area contributed by atoms with Crippen LogP contribution in [-0.4, -0.2) is 51.6 Å². The highest BCUT2D eigenvalue weighted by Crippen LogP contribution is 2.42. The van der Waals surface area contributed by atoms with Crippen molar-refractivity contribution in [3.8, 4) is 11.5 Å². The molecule has 1 aromatic rings. The summed E-state index contributed by atoms with van der Waals surface area (Å²) >= 11 is 0. The van der Waals surface area contributed by atoms with Gasteiger partial charge in [-0.2, -0.15) is 0 Å². The van der Waals surface area contributed by atoms with Crippen molar-refractivity contribution >= 4 is 6.09 Å². The van der Waals surface area contributed by atoms with Gasteiger partial charge >= 0.3 is 6.09 Å². The Morgan fingerprint density at radius 1 is 1.30 bits per heavy atom. The number of benzene rings is 1. The first-order valence-corrected chi connectivity index (χ1v) is 7.82. The molecule has 6 nitrogen and oxygen atoms in total. The number of hydrogen-bond acceptors (Lipinski definition) is 5. The highest BCUT2D eigenvalue weighted by molar-refractivity contribution is 5.69. The molecular formula is C17H25NO5. The maximum absolute atomic E-state index is 12.3. The number of carbonyl (C=O) groups excluding carboxylic acids is 1. The van der Waals surface area contributed by atoms with E-state index in [0.717, 1.165) is 0 Å². The summed E-state index contributed by atoms with van der Waals surface area (Å²) in [5, 5.41) is 29.1. The number of phenolic OH excluding ortho intramolecular Hbond substituents is 2. The van der Waals surface area contributed by atoms with E-state index < -0.39 is 11.7 Å². The zero-order valence-electron chi connectivity index (χ0n) is 13.8. The molecular weight excluding hydrogens is 298 g/mol. The molecule has 1 aliphatic heterocycles. The van der Waals surface area contributed by atoms with Crippen molar-refractivity contribution in [1.82, 2.24) is 4.90 Å². The zero-order valence-corrected chi connectivity index (χ0v) is 13.8. The Hall–Kier alpha value is -1.95. The van der Waals surface area contributed by atoms with Crippen molar-refractivity contribution < 1.29 is 24.9 Å². The highest BCUT2D eigenvalue weighted by atomic mass is 16.6. The van der Waals surface area contributed by atoms with Gasteiger partial charge in [0.05, 0.1) is 0 Å². The van der Waals surface area contributed by atoms with E-state index in [0.29, 0.717) is 25.1 Å². The molecule has 3 N–H and O–H groups in total. The second kappa shape index (κ2) is 6.66. The van der Waals surface area contributed by atoms with E-state index in [1.54, 1.807) is 17.0 Å². The minimum absolute atomic E-state index is 0.000202. The van der Waals surface area contributed by atoms with Crippen LogP contribution in [0.1, 0.15) is 38.7 Å². The van der Waals surface area contributed by atoms with Crippen molar-refractivity contribution in [3.05, 3.63) is 23.8 Å². The third-order valence-corrected chi connectivity index (χ3v) is 4.04. The van der Waals surface area contributed by atoms with Crippen LogP contribution in [-0.2, 0) is 4.74 Å². The van der Waals surface area contributed by atoms with E-state index in [9.17, 15) is 20.1 Å². The fraction of sp³-hybridized carbons (Fsp3) is 0.588. The molecule has 6 heteroatoms. The van der Waals surface area contributed by atoms with Crippen molar-refractivity contribution in [1.29, 1.82) is 0 Å². The Labute approximate surface area is 136 Å². The van der Waals surface area contributed by atoms with E-state index in [1.165, 1.54) is 6.07 Å². The molecule has 1 fully saturated rings. The van der Waals surface area contributed by atoms with Crippen molar-refractivity contribution in [2.45, 2.75) is 38.7 Å². The third-order valence-electron chi connectivity index (χ3n) is 4.04. The van der Waals surface area contributed by atoms with Gasteiger partial charge in [0.1, 0.15) is 5.60 Å². The van der Waals surface area contributed by atoms with Gasteiger partial charge in [-0.1, -0.05) is 12.1 Å². The number of nitrogens with zero attached hydrogens (tertiary/aromatic N) is 1. The number of aromatic hydroxyl groups is 2. The zero-order chi connectivity index (χ0) is 17.2. The number of aliphatic hydroxyl groups is 1. The summed E-state index contributed by atoms with van der Waals surface area (Å²) in [7, 11) is 0. The molecule has 0 radical (unpaired) electrons. The van der Waals surface area contributed by atoms with Gasteiger partial charge in [-0.3, -0.25) is 0 Å². The quantitative estimate of drug-likeness (QED) is 0.743. The first-order valence-electron chi connectivity index (χ1n) is 7.82. The molecule has 1 saturated heterocycles. The van der Waals surface area contributed by atoms with Gasteiger partial charge in [0, 0.05) is 31.2 Å². The highest BCUT2D eigenvalue weighted by Gasteiger charge is 2.38. The van der Waals surface area contributed by atoms with Crippen molar-refractivity contribution in [2.75, 3.05) is 19.7 Å². The topological polar surface area (TPSA) is 90.2 Å². The average Bonchev–Trinajstić information content (AvgIpc) is 2.84. The van der Waals surface area contributed by atoms with Gasteiger partial charge in [0.15, 0.2) is 11.5 Å². The second-order valence-electron chi connectivity index (χ2n) is 6.98. The molecule has 0 aromatic heterocycles. The number of carbonyl (C=O) groups is 1. The van der Waals surface area contributed by atoms with Crippen LogP contribution < -0.4 is 0 Å². The number of amides is 1. The maximum Gasteiger partial charge on any atom is 0.410 e. The number of phenols is 2. The molecule has 0 aliphatic carbocycles. The molecule has 0 unspecified atom stereocenters. The minimum atomic E-state index is -0.575. The van der Waals surface area contributed by atoms with Gasteiger partial charge in [0.25, 0.3) is 0 Å². The molecule has 0 saturated carbocycles. The van der Waals surface area contributed by atoms with Crippen LogP contribution in [0.2, 0.25) is 0 Å². The van der Waals surface area contributed by atoms with Gasteiger partial charge in [-0.05, 0) is 39.2 Å². The van der Waals surface area contributed by atoms with E-state index in [4.69, 9.17) is 4.74 Å². The second-order valence-corrected chi connectivity index (χ2v) is 6.98. The van der Waals surface area contributed by atoms with Gasteiger partial charge in [0.2, 0.25) is 0 Å². The number of hydrogen-bond donors (Lipinski definition) is 3. The summed E-state index contributed by atoms with van der Waals surface area (Å²) in [6, 6.07) is 4.82. The van der Waals surface area contributed by atoms with Crippen LogP contribution in [0.3, 0.4) is 0 Å². The van der Waals surface area contributed by atoms with Crippen molar-refractivity contribution in [2.24, 2.45) is 5.92 Å². The lowest BCUT2D eigenvalue weighted by atomic mass is 9.86. The summed E-state index contributed by atoms with van der Waals surface area (Å²) < 4.78 is 5.40. The normalized spacial score (nSPS) is 21.5. The smallest absolute Gasteiger partial charge is 0.410 e. The largest absolute Gasteiger partial charge is 0.504 e. The number of ether oxygens (including phenoxy) is 1. The number of rotatable bonds is 3.